The number of allylic oxidation sites excluding steroid dienone is 1. The summed E-state index contributed by atoms with van der Waals surface area (Å²) < 4.78 is 0. The first-order valence-electron chi connectivity index (χ1n) is 4.61. The summed E-state index contributed by atoms with van der Waals surface area (Å²) in [6.45, 7) is 1.74. The minimum absolute atomic E-state index is 0.560. The highest BCUT2D eigenvalue weighted by molar-refractivity contribution is 5.11. The van der Waals surface area contributed by atoms with Gasteiger partial charge < -0.3 is 5.11 Å². The van der Waals surface area contributed by atoms with Gasteiger partial charge in [-0.05, 0) is 31.8 Å². The molecule has 0 bridgehead atoms. The summed E-state index contributed by atoms with van der Waals surface area (Å²) in [6, 6.07) is 0. The third kappa shape index (κ3) is 3.11. The summed E-state index contributed by atoms with van der Waals surface area (Å²) >= 11 is 0. The van der Waals surface area contributed by atoms with Crippen LogP contribution < -0.4 is 0 Å². The Balaban J connectivity index is 2.31. The van der Waals surface area contributed by atoms with Gasteiger partial charge in [0.05, 0.1) is 0 Å². The van der Waals surface area contributed by atoms with Gasteiger partial charge in [-0.3, -0.25) is 0 Å². The fourth-order valence-corrected chi connectivity index (χ4v) is 1.61. The second-order valence-electron chi connectivity index (χ2n) is 3.27. The average molecular weight is 164 g/mol. The van der Waals surface area contributed by atoms with Gasteiger partial charge in [0.1, 0.15) is 6.10 Å². The van der Waals surface area contributed by atoms with Crippen molar-refractivity contribution in [1.82, 2.24) is 0 Å². The van der Waals surface area contributed by atoms with Gasteiger partial charge in [-0.25, -0.2) is 0 Å². The maximum atomic E-state index is 9.25. The number of hydrogen-bond acceptors (Lipinski definition) is 1. The molecule has 0 aromatic carbocycles. The highest BCUT2D eigenvalue weighted by Gasteiger charge is 2.11. The molecule has 0 heterocycles. The molecule has 1 rings (SSSR count). The Kier molecular flexibility index (Phi) is 3.90. The van der Waals surface area contributed by atoms with Crippen molar-refractivity contribution >= 4 is 0 Å². The smallest absolute Gasteiger partial charge is 0.133 e. The summed E-state index contributed by atoms with van der Waals surface area (Å²) in [7, 11) is 0. The lowest BCUT2D eigenvalue weighted by atomic mass is 10.1. The van der Waals surface area contributed by atoms with Gasteiger partial charge in [0, 0.05) is 0 Å². The molecule has 1 aliphatic rings. The molecule has 0 radical (unpaired) electrons. The van der Waals surface area contributed by atoms with Gasteiger partial charge >= 0.3 is 0 Å². The molecule has 0 aliphatic heterocycles. The number of hydrogen-bond donors (Lipinski definition) is 1. The third-order valence-corrected chi connectivity index (χ3v) is 2.26. The van der Waals surface area contributed by atoms with Crippen LogP contribution in [0.1, 0.15) is 32.6 Å². The van der Waals surface area contributed by atoms with Crippen LogP contribution in [0, 0.1) is 17.8 Å². The number of aliphatic hydroxyl groups is 1. The van der Waals surface area contributed by atoms with Crippen LogP contribution in [0.5, 0.6) is 0 Å². The fraction of sp³-hybridized carbons (Fsp3) is 0.636. The van der Waals surface area contributed by atoms with E-state index < -0.39 is 6.10 Å². The van der Waals surface area contributed by atoms with E-state index in [1.165, 1.54) is 25.7 Å². The predicted molar refractivity (Wildman–Crippen MR) is 50.6 cm³/mol. The quantitative estimate of drug-likeness (QED) is 0.489. The molecule has 0 amide bonds. The second-order valence-corrected chi connectivity index (χ2v) is 3.27. The van der Waals surface area contributed by atoms with Crippen molar-refractivity contribution in [1.29, 1.82) is 0 Å². The second kappa shape index (κ2) is 5.00. The van der Waals surface area contributed by atoms with Gasteiger partial charge in [-0.2, -0.15) is 0 Å². The van der Waals surface area contributed by atoms with Gasteiger partial charge in [0.2, 0.25) is 0 Å². The molecule has 1 fully saturated rings. The molecule has 0 saturated heterocycles. The van der Waals surface area contributed by atoms with E-state index in [0.29, 0.717) is 5.92 Å². The van der Waals surface area contributed by atoms with Crippen LogP contribution in [0.4, 0.5) is 0 Å². The first-order valence-corrected chi connectivity index (χ1v) is 4.61. The standard InChI is InChI=1S/C11H16O/c1-2-5-11(12)9-8-10-6-3-4-7-10/h8-12H,3-4,6-7H2,1H3/b9-8+. The number of aliphatic hydroxyl groups excluding tert-OH is 1. The molecule has 66 valence electrons. The monoisotopic (exact) mass is 164 g/mol. The molecular formula is C11H16O. The molecule has 0 spiro atoms. The summed E-state index contributed by atoms with van der Waals surface area (Å²) in [5.41, 5.74) is 0. The Morgan fingerprint density at radius 2 is 2.08 bits per heavy atom. The SMILES string of the molecule is CC#CC(O)/C=C/C1CCCC1. The van der Waals surface area contributed by atoms with Crippen LogP contribution in [0.2, 0.25) is 0 Å². The van der Waals surface area contributed by atoms with E-state index in [2.05, 4.69) is 17.9 Å². The third-order valence-electron chi connectivity index (χ3n) is 2.26. The molecule has 1 heteroatoms. The van der Waals surface area contributed by atoms with Crippen LogP contribution >= 0.6 is 0 Å². The zero-order valence-corrected chi connectivity index (χ0v) is 7.59. The molecule has 0 aromatic heterocycles. The summed E-state index contributed by atoms with van der Waals surface area (Å²) in [6.07, 6.45) is 8.60. The van der Waals surface area contributed by atoms with E-state index >= 15 is 0 Å². The lowest BCUT2D eigenvalue weighted by Gasteiger charge is -2.00. The summed E-state index contributed by atoms with van der Waals surface area (Å²) in [5.74, 6) is 6.07. The first kappa shape index (κ1) is 9.35. The predicted octanol–water partition coefficient (Wildman–Crippen LogP) is 2.12. The van der Waals surface area contributed by atoms with E-state index in [0.717, 1.165) is 0 Å². The van der Waals surface area contributed by atoms with Crippen molar-refractivity contribution < 1.29 is 5.11 Å². The van der Waals surface area contributed by atoms with E-state index in [9.17, 15) is 5.11 Å². The van der Waals surface area contributed by atoms with Crippen LogP contribution in [-0.4, -0.2) is 11.2 Å². The van der Waals surface area contributed by atoms with Crippen LogP contribution in [0.25, 0.3) is 0 Å². The van der Waals surface area contributed by atoms with Crippen LogP contribution in [0.15, 0.2) is 12.2 Å². The topological polar surface area (TPSA) is 20.2 Å². The Bertz CT molecular complexity index is 201. The summed E-state index contributed by atoms with van der Waals surface area (Å²) in [4.78, 5) is 0. The van der Waals surface area contributed by atoms with Crippen molar-refractivity contribution in [3.8, 4) is 11.8 Å². The highest BCUT2D eigenvalue weighted by atomic mass is 16.3. The van der Waals surface area contributed by atoms with Crippen molar-refractivity contribution in [3.63, 3.8) is 0 Å². The Labute approximate surface area is 74.5 Å². The van der Waals surface area contributed by atoms with E-state index in [-0.39, 0.29) is 0 Å². The highest BCUT2D eigenvalue weighted by Crippen LogP contribution is 2.25. The molecule has 0 aromatic rings. The Morgan fingerprint density at radius 1 is 1.42 bits per heavy atom. The van der Waals surface area contributed by atoms with E-state index in [4.69, 9.17) is 0 Å². The minimum Gasteiger partial charge on any atom is -0.377 e. The lowest BCUT2D eigenvalue weighted by molar-refractivity contribution is 0.279. The average Bonchev–Trinajstić information content (AvgIpc) is 2.53. The maximum Gasteiger partial charge on any atom is 0.133 e. The molecular weight excluding hydrogens is 148 g/mol. The molecule has 1 saturated carbocycles. The molecule has 1 N–H and O–H groups in total. The van der Waals surface area contributed by atoms with Crippen molar-refractivity contribution in [3.05, 3.63) is 12.2 Å². The lowest BCUT2D eigenvalue weighted by Crippen LogP contribution is -1.98. The van der Waals surface area contributed by atoms with Crippen molar-refractivity contribution in [2.45, 2.75) is 38.7 Å². The first-order chi connectivity index (χ1) is 5.83. The molecule has 1 unspecified atom stereocenters. The largest absolute Gasteiger partial charge is 0.377 e. The van der Waals surface area contributed by atoms with Gasteiger partial charge in [-0.1, -0.05) is 24.8 Å². The van der Waals surface area contributed by atoms with Gasteiger partial charge in [0.25, 0.3) is 0 Å². The summed E-state index contributed by atoms with van der Waals surface area (Å²) in [5, 5.41) is 9.25. The minimum atomic E-state index is -0.560. The van der Waals surface area contributed by atoms with Crippen LogP contribution in [0.3, 0.4) is 0 Å². The van der Waals surface area contributed by atoms with Crippen molar-refractivity contribution in [2.75, 3.05) is 0 Å². The Morgan fingerprint density at radius 3 is 2.67 bits per heavy atom. The maximum absolute atomic E-state index is 9.25. The zero-order chi connectivity index (χ0) is 8.81. The molecule has 1 nitrogen and oxygen atoms in total. The number of rotatable bonds is 2. The zero-order valence-electron chi connectivity index (χ0n) is 7.59. The Hall–Kier alpha value is -0.740. The van der Waals surface area contributed by atoms with Crippen molar-refractivity contribution in [2.24, 2.45) is 5.92 Å². The van der Waals surface area contributed by atoms with Gasteiger partial charge in [0.15, 0.2) is 0 Å². The molecule has 1 atom stereocenters. The van der Waals surface area contributed by atoms with E-state index in [1.54, 1.807) is 6.92 Å². The molecule has 12 heavy (non-hydrogen) atoms. The normalized spacial score (nSPS) is 20.8. The van der Waals surface area contributed by atoms with Gasteiger partial charge in [-0.15, -0.1) is 5.92 Å². The van der Waals surface area contributed by atoms with E-state index in [1.807, 2.05) is 6.08 Å². The molecule has 1 aliphatic carbocycles. The van der Waals surface area contributed by atoms with Crippen LogP contribution in [-0.2, 0) is 0 Å². The fourth-order valence-electron chi connectivity index (χ4n) is 1.61.